The Morgan fingerprint density at radius 1 is 1.53 bits per heavy atom. The average Bonchev–Trinajstić information content (AvgIpc) is 2.71. The highest BCUT2D eigenvalue weighted by atomic mass is 16.5. The number of hydrogen-bond acceptors (Lipinski definition) is 3. The van der Waals surface area contributed by atoms with Crippen molar-refractivity contribution in [3.05, 3.63) is 35.9 Å². The Morgan fingerprint density at radius 2 is 2.40 bits per heavy atom. The Bertz CT molecular complexity index is 396. The van der Waals surface area contributed by atoms with E-state index in [1.165, 1.54) is 0 Å². The highest BCUT2D eigenvalue weighted by Gasteiger charge is 2.16. The number of carbonyl (C=O) groups excluding carboxylic acids is 1. The van der Waals surface area contributed by atoms with Crippen LogP contribution in [0.15, 0.2) is 24.8 Å². The smallest absolute Gasteiger partial charge is 0.153 e. The van der Waals surface area contributed by atoms with Crippen LogP contribution in [-0.4, -0.2) is 19.5 Å². The van der Waals surface area contributed by atoms with Crippen LogP contribution < -0.4 is 9.47 Å². The van der Waals surface area contributed by atoms with Gasteiger partial charge in [-0.3, -0.25) is 4.79 Å². The largest absolute Gasteiger partial charge is 0.493 e. The first-order chi connectivity index (χ1) is 7.35. The Labute approximate surface area is 88.3 Å². The summed E-state index contributed by atoms with van der Waals surface area (Å²) in [7, 11) is 0. The van der Waals surface area contributed by atoms with Crippen molar-refractivity contribution in [2.75, 3.05) is 13.2 Å². The van der Waals surface area contributed by atoms with Crippen molar-refractivity contribution >= 4 is 6.29 Å². The van der Waals surface area contributed by atoms with E-state index in [-0.39, 0.29) is 0 Å². The molecule has 1 heterocycles. The number of aldehydes is 1. The van der Waals surface area contributed by atoms with E-state index in [2.05, 4.69) is 6.58 Å². The van der Waals surface area contributed by atoms with Crippen molar-refractivity contribution in [1.82, 2.24) is 0 Å². The van der Waals surface area contributed by atoms with Gasteiger partial charge < -0.3 is 9.47 Å². The Kier molecular flexibility index (Phi) is 2.72. The molecule has 0 bridgehead atoms. The maximum Gasteiger partial charge on any atom is 0.153 e. The van der Waals surface area contributed by atoms with Crippen LogP contribution in [0.4, 0.5) is 0 Å². The number of rotatable bonds is 4. The molecule has 0 aromatic heterocycles. The predicted molar refractivity (Wildman–Crippen MR) is 56.7 cm³/mol. The summed E-state index contributed by atoms with van der Waals surface area (Å²) in [6.07, 6.45) is 3.30. The maximum atomic E-state index is 10.8. The molecule has 1 aliphatic rings. The Balaban J connectivity index is 2.35. The number of carbonyl (C=O) groups is 1. The molecule has 0 unspecified atom stereocenters. The van der Waals surface area contributed by atoms with Crippen LogP contribution in [0.3, 0.4) is 0 Å². The quantitative estimate of drug-likeness (QED) is 0.556. The van der Waals surface area contributed by atoms with Gasteiger partial charge in [0.05, 0.1) is 12.2 Å². The van der Waals surface area contributed by atoms with E-state index in [9.17, 15) is 4.79 Å². The second-order valence-electron chi connectivity index (χ2n) is 3.31. The first-order valence-corrected chi connectivity index (χ1v) is 4.83. The fourth-order valence-electron chi connectivity index (χ4n) is 1.59. The summed E-state index contributed by atoms with van der Waals surface area (Å²) in [5.74, 6) is 1.38. The highest BCUT2D eigenvalue weighted by Crippen LogP contribution is 2.32. The van der Waals surface area contributed by atoms with Gasteiger partial charge >= 0.3 is 0 Å². The van der Waals surface area contributed by atoms with E-state index >= 15 is 0 Å². The van der Waals surface area contributed by atoms with Crippen LogP contribution in [0.1, 0.15) is 15.9 Å². The molecule has 3 nitrogen and oxygen atoms in total. The van der Waals surface area contributed by atoms with Gasteiger partial charge in [-0.1, -0.05) is 12.7 Å². The summed E-state index contributed by atoms with van der Waals surface area (Å²) in [6.45, 7) is 4.63. The molecule has 0 radical (unpaired) electrons. The molecule has 3 heteroatoms. The molecule has 1 aromatic carbocycles. The standard InChI is InChI=1S/C12H12O3/c1-2-4-14-12-7-11-9(3-5-15-11)6-10(12)8-13/h2,6-8H,1,3-5H2. The van der Waals surface area contributed by atoms with E-state index in [1.54, 1.807) is 12.1 Å². The molecule has 0 atom stereocenters. The molecule has 0 spiro atoms. The molecule has 0 saturated heterocycles. The number of hydrogen-bond donors (Lipinski definition) is 0. The zero-order valence-electron chi connectivity index (χ0n) is 8.36. The van der Waals surface area contributed by atoms with Crippen LogP contribution in [0.25, 0.3) is 0 Å². The van der Waals surface area contributed by atoms with Gasteiger partial charge in [0, 0.05) is 12.5 Å². The second kappa shape index (κ2) is 4.17. The third kappa shape index (κ3) is 1.86. The van der Waals surface area contributed by atoms with Crippen molar-refractivity contribution in [2.24, 2.45) is 0 Å². The second-order valence-corrected chi connectivity index (χ2v) is 3.31. The lowest BCUT2D eigenvalue weighted by Gasteiger charge is -2.08. The van der Waals surface area contributed by atoms with E-state index in [0.29, 0.717) is 24.5 Å². The Hall–Kier alpha value is -1.77. The van der Waals surface area contributed by atoms with Gasteiger partial charge in [0.25, 0.3) is 0 Å². The van der Waals surface area contributed by atoms with E-state index in [4.69, 9.17) is 9.47 Å². The minimum Gasteiger partial charge on any atom is -0.493 e. The molecule has 0 fully saturated rings. The first kappa shape index (κ1) is 9.77. The molecule has 0 N–H and O–H groups in total. The van der Waals surface area contributed by atoms with E-state index < -0.39 is 0 Å². The highest BCUT2D eigenvalue weighted by molar-refractivity contribution is 5.80. The van der Waals surface area contributed by atoms with Gasteiger partial charge in [0.1, 0.15) is 18.1 Å². The molecule has 0 aliphatic carbocycles. The molecule has 1 aromatic rings. The van der Waals surface area contributed by atoms with Gasteiger partial charge in [-0.2, -0.15) is 0 Å². The third-order valence-corrected chi connectivity index (χ3v) is 2.31. The van der Waals surface area contributed by atoms with Crippen LogP contribution >= 0.6 is 0 Å². The van der Waals surface area contributed by atoms with Gasteiger partial charge in [-0.25, -0.2) is 0 Å². The van der Waals surface area contributed by atoms with Crippen LogP contribution in [0.2, 0.25) is 0 Å². The number of benzene rings is 1. The first-order valence-electron chi connectivity index (χ1n) is 4.83. The number of ether oxygens (including phenoxy) is 2. The SMILES string of the molecule is C=CCOc1cc2c(cc1C=O)CCO2. The van der Waals surface area contributed by atoms with E-state index in [1.807, 2.05) is 6.07 Å². The molecule has 0 amide bonds. The zero-order chi connectivity index (χ0) is 10.7. The fraction of sp³-hybridized carbons (Fsp3) is 0.250. The molecule has 78 valence electrons. The van der Waals surface area contributed by atoms with Gasteiger partial charge in [0.15, 0.2) is 6.29 Å². The molecule has 2 rings (SSSR count). The van der Waals surface area contributed by atoms with Crippen molar-refractivity contribution in [3.63, 3.8) is 0 Å². The fourth-order valence-corrected chi connectivity index (χ4v) is 1.59. The summed E-state index contributed by atoms with van der Waals surface area (Å²) in [5.41, 5.74) is 1.64. The van der Waals surface area contributed by atoms with Crippen molar-refractivity contribution in [2.45, 2.75) is 6.42 Å². The lowest BCUT2D eigenvalue weighted by molar-refractivity contribution is 0.112. The van der Waals surface area contributed by atoms with Gasteiger partial charge in [0.2, 0.25) is 0 Å². The van der Waals surface area contributed by atoms with Gasteiger partial charge in [-0.15, -0.1) is 0 Å². The normalized spacial score (nSPS) is 12.8. The minimum absolute atomic E-state index is 0.389. The lowest BCUT2D eigenvalue weighted by atomic mass is 10.1. The van der Waals surface area contributed by atoms with Crippen molar-refractivity contribution in [3.8, 4) is 11.5 Å². The monoisotopic (exact) mass is 204 g/mol. The summed E-state index contributed by atoms with van der Waals surface area (Å²) >= 11 is 0. The van der Waals surface area contributed by atoms with Crippen molar-refractivity contribution in [1.29, 1.82) is 0 Å². The summed E-state index contributed by atoms with van der Waals surface area (Å²) in [4.78, 5) is 10.8. The Morgan fingerprint density at radius 3 is 3.13 bits per heavy atom. The summed E-state index contributed by atoms with van der Waals surface area (Å²) in [6, 6.07) is 3.60. The topological polar surface area (TPSA) is 35.5 Å². The minimum atomic E-state index is 0.389. The van der Waals surface area contributed by atoms with Crippen LogP contribution in [-0.2, 0) is 6.42 Å². The molecular weight excluding hydrogens is 192 g/mol. The van der Waals surface area contributed by atoms with Crippen molar-refractivity contribution < 1.29 is 14.3 Å². The average molecular weight is 204 g/mol. The van der Waals surface area contributed by atoms with E-state index in [0.717, 1.165) is 24.0 Å². The molecule has 15 heavy (non-hydrogen) atoms. The molecule has 1 aliphatic heterocycles. The summed E-state index contributed by atoms with van der Waals surface area (Å²) < 4.78 is 10.8. The zero-order valence-corrected chi connectivity index (χ0v) is 8.36. The van der Waals surface area contributed by atoms with Gasteiger partial charge in [-0.05, 0) is 11.6 Å². The summed E-state index contributed by atoms with van der Waals surface area (Å²) in [5, 5.41) is 0. The lowest BCUT2D eigenvalue weighted by Crippen LogP contribution is -1.97. The van der Waals surface area contributed by atoms with Crippen LogP contribution in [0, 0.1) is 0 Å². The predicted octanol–water partition coefficient (Wildman–Crippen LogP) is 2.00. The molecular formula is C12H12O3. The number of fused-ring (bicyclic) bond motifs is 1. The van der Waals surface area contributed by atoms with Crippen LogP contribution in [0.5, 0.6) is 11.5 Å². The maximum absolute atomic E-state index is 10.8. The molecule has 0 saturated carbocycles. The third-order valence-electron chi connectivity index (χ3n) is 2.31.